The summed E-state index contributed by atoms with van der Waals surface area (Å²) >= 11 is 0. The molecule has 0 heterocycles. The first-order chi connectivity index (χ1) is 6.75. The maximum Gasteiger partial charge on any atom is 0.320 e. The Kier molecular flexibility index (Phi) is 4.90. The minimum atomic E-state index is -0.727. The number of carboxylic acids is 1. The molecule has 0 radical (unpaired) electrons. The molecule has 82 valence electrons. The molecule has 0 aromatic heterocycles. The Morgan fingerprint density at radius 2 is 2.07 bits per heavy atom. The van der Waals surface area contributed by atoms with E-state index in [1.807, 2.05) is 0 Å². The summed E-state index contributed by atoms with van der Waals surface area (Å²) in [5, 5.41) is 20.5. The van der Waals surface area contributed by atoms with E-state index in [1.165, 1.54) is 0 Å². The minimum Gasteiger partial charge on any atom is -0.480 e. The van der Waals surface area contributed by atoms with Crippen molar-refractivity contribution in [2.24, 2.45) is 5.92 Å². The Morgan fingerprint density at radius 3 is 2.57 bits per heavy atom. The molecule has 1 unspecified atom stereocenters. The van der Waals surface area contributed by atoms with Crippen molar-refractivity contribution in [1.82, 2.24) is 5.32 Å². The van der Waals surface area contributed by atoms with Crippen LogP contribution in [-0.4, -0.2) is 35.4 Å². The lowest BCUT2D eigenvalue weighted by Crippen LogP contribution is -2.39. The van der Waals surface area contributed by atoms with E-state index in [0.717, 1.165) is 38.6 Å². The van der Waals surface area contributed by atoms with Crippen molar-refractivity contribution in [3.63, 3.8) is 0 Å². The summed E-state index contributed by atoms with van der Waals surface area (Å²) in [6, 6.07) is -0.343. The maximum absolute atomic E-state index is 10.8. The molecule has 0 bridgehead atoms. The third-order valence-corrected chi connectivity index (χ3v) is 2.56. The molecule has 0 aromatic carbocycles. The molecule has 0 spiro atoms. The Bertz CT molecular complexity index is 180. The SMILES string of the molecule is O=C(O)C(NCCCCCO)C1CC1. The van der Waals surface area contributed by atoms with Crippen molar-refractivity contribution in [1.29, 1.82) is 0 Å². The van der Waals surface area contributed by atoms with E-state index in [0.29, 0.717) is 5.92 Å². The molecular formula is C10H19NO3. The van der Waals surface area contributed by atoms with Crippen LogP contribution in [0.2, 0.25) is 0 Å². The smallest absolute Gasteiger partial charge is 0.320 e. The monoisotopic (exact) mass is 201 g/mol. The normalized spacial score (nSPS) is 18.1. The second-order valence-electron chi connectivity index (χ2n) is 3.89. The van der Waals surface area contributed by atoms with Gasteiger partial charge in [0, 0.05) is 6.61 Å². The van der Waals surface area contributed by atoms with E-state index in [9.17, 15) is 4.79 Å². The Morgan fingerprint density at radius 1 is 1.36 bits per heavy atom. The van der Waals surface area contributed by atoms with Crippen LogP contribution in [-0.2, 0) is 4.79 Å². The molecule has 1 saturated carbocycles. The molecule has 0 aromatic rings. The van der Waals surface area contributed by atoms with E-state index in [1.54, 1.807) is 0 Å². The van der Waals surface area contributed by atoms with Gasteiger partial charge in [0.1, 0.15) is 6.04 Å². The van der Waals surface area contributed by atoms with Gasteiger partial charge in [0.05, 0.1) is 0 Å². The first-order valence-electron chi connectivity index (χ1n) is 5.32. The topological polar surface area (TPSA) is 69.6 Å². The molecule has 4 nitrogen and oxygen atoms in total. The van der Waals surface area contributed by atoms with Gasteiger partial charge in [-0.05, 0) is 44.6 Å². The van der Waals surface area contributed by atoms with Gasteiger partial charge in [-0.25, -0.2) is 0 Å². The largest absolute Gasteiger partial charge is 0.480 e. The number of aliphatic carboxylic acids is 1. The maximum atomic E-state index is 10.8. The highest BCUT2D eigenvalue weighted by Crippen LogP contribution is 2.32. The van der Waals surface area contributed by atoms with Crippen LogP contribution in [0.5, 0.6) is 0 Å². The summed E-state index contributed by atoms with van der Waals surface area (Å²) in [6.07, 6.45) is 4.79. The summed E-state index contributed by atoms with van der Waals surface area (Å²) in [6.45, 7) is 0.971. The lowest BCUT2D eigenvalue weighted by molar-refractivity contribution is -0.140. The molecule has 3 N–H and O–H groups in total. The average Bonchev–Trinajstić information content (AvgIpc) is 2.94. The van der Waals surface area contributed by atoms with Crippen molar-refractivity contribution in [3.05, 3.63) is 0 Å². The molecule has 1 aliphatic carbocycles. The number of rotatable bonds is 8. The van der Waals surface area contributed by atoms with Crippen LogP contribution in [0.1, 0.15) is 32.1 Å². The zero-order chi connectivity index (χ0) is 10.4. The number of hydrogen-bond acceptors (Lipinski definition) is 3. The number of hydrogen-bond donors (Lipinski definition) is 3. The van der Waals surface area contributed by atoms with Crippen LogP contribution in [0.3, 0.4) is 0 Å². The summed E-state index contributed by atoms with van der Waals surface area (Å²) in [5.41, 5.74) is 0. The van der Waals surface area contributed by atoms with Gasteiger partial charge in [-0.15, -0.1) is 0 Å². The van der Waals surface area contributed by atoms with Crippen molar-refractivity contribution in [2.75, 3.05) is 13.2 Å². The summed E-state index contributed by atoms with van der Waals surface area (Å²) in [4.78, 5) is 10.8. The van der Waals surface area contributed by atoms with Gasteiger partial charge in [-0.3, -0.25) is 4.79 Å². The highest BCUT2D eigenvalue weighted by Gasteiger charge is 2.35. The molecule has 1 aliphatic rings. The number of carboxylic acid groups (broad SMARTS) is 1. The van der Waals surface area contributed by atoms with Gasteiger partial charge in [0.15, 0.2) is 0 Å². The Balaban J connectivity index is 2.05. The molecule has 0 aliphatic heterocycles. The average molecular weight is 201 g/mol. The standard InChI is InChI=1S/C10H19NO3/c12-7-3-1-2-6-11-9(10(13)14)8-4-5-8/h8-9,11-12H,1-7H2,(H,13,14). The quantitative estimate of drug-likeness (QED) is 0.503. The first kappa shape index (κ1) is 11.5. The van der Waals surface area contributed by atoms with Crippen LogP contribution in [0.25, 0.3) is 0 Å². The first-order valence-corrected chi connectivity index (χ1v) is 5.32. The highest BCUT2D eigenvalue weighted by atomic mass is 16.4. The second-order valence-corrected chi connectivity index (χ2v) is 3.89. The molecule has 0 saturated heterocycles. The zero-order valence-corrected chi connectivity index (χ0v) is 8.41. The molecule has 4 heteroatoms. The number of aliphatic hydroxyl groups is 1. The van der Waals surface area contributed by atoms with Gasteiger partial charge in [0.25, 0.3) is 0 Å². The van der Waals surface area contributed by atoms with Crippen LogP contribution < -0.4 is 5.32 Å². The van der Waals surface area contributed by atoms with Crippen LogP contribution in [0.15, 0.2) is 0 Å². The van der Waals surface area contributed by atoms with E-state index < -0.39 is 5.97 Å². The third kappa shape index (κ3) is 4.07. The number of nitrogens with one attached hydrogen (secondary N) is 1. The molecule has 1 fully saturated rings. The zero-order valence-electron chi connectivity index (χ0n) is 8.41. The van der Waals surface area contributed by atoms with Crippen LogP contribution in [0.4, 0.5) is 0 Å². The van der Waals surface area contributed by atoms with Crippen molar-refractivity contribution < 1.29 is 15.0 Å². The number of aliphatic hydroxyl groups excluding tert-OH is 1. The van der Waals surface area contributed by atoms with Crippen molar-refractivity contribution in [3.8, 4) is 0 Å². The van der Waals surface area contributed by atoms with E-state index in [4.69, 9.17) is 10.2 Å². The fourth-order valence-corrected chi connectivity index (χ4v) is 1.56. The van der Waals surface area contributed by atoms with Gasteiger partial charge in [-0.1, -0.05) is 0 Å². The lowest BCUT2D eigenvalue weighted by atomic mass is 10.1. The Labute approximate surface area is 84.3 Å². The lowest BCUT2D eigenvalue weighted by Gasteiger charge is -2.12. The molecule has 0 amide bonds. The van der Waals surface area contributed by atoms with Gasteiger partial charge in [0.2, 0.25) is 0 Å². The summed E-state index contributed by atoms with van der Waals surface area (Å²) < 4.78 is 0. The predicted molar refractivity (Wildman–Crippen MR) is 53.1 cm³/mol. The molecule has 14 heavy (non-hydrogen) atoms. The van der Waals surface area contributed by atoms with Gasteiger partial charge >= 0.3 is 5.97 Å². The summed E-state index contributed by atoms with van der Waals surface area (Å²) in [5.74, 6) is -0.375. The Hall–Kier alpha value is -0.610. The van der Waals surface area contributed by atoms with Crippen molar-refractivity contribution in [2.45, 2.75) is 38.1 Å². The summed E-state index contributed by atoms with van der Waals surface area (Å²) in [7, 11) is 0. The number of unbranched alkanes of at least 4 members (excludes halogenated alkanes) is 2. The van der Waals surface area contributed by atoms with Gasteiger partial charge in [-0.2, -0.15) is 0 Å². The third-order valence-electron chi connectivity index (χ3n) is 2.56. The second kappa shape index (κ2) is 5.98. The van der Waals surface area contributed by atoms with Crippen molar-refractivity contribution >= 4 is 5.97 Å². The van der Waals surface area contributed by atoms with Gasteiger partial charge < -0.3 is 15.5 Å². The predicted octanol–water partition coefficient (Wildman–Crippen LogP) is 0.602. The highest BCUT2D eigenvalue weighted by molar-refractivity contribution is 5.74. The number of carbonyl (C=O) groups is 1. The fraction of sp³-hybridized carbons (Fsp3) is 0.900. The van der Waals surface area contributed by atoms with Crippen LogP contribution in [0, 0.1) is 5.92 Å². The molecule has 1 rings (SSSR count). The van der Waals surface area contributed by atoms with E-state index >= 15 is 0 Å². The molecular weight excluding hydrogens is 182 g/mol. The van der Waals surface area contributed by atoms with E-state index in [-0.39, 0.29) is 12.6 Å². The fourth-order valence-electron chi connectivity index (χ4n) is 1.56. The minimum absolute atomic E-state index is 0.227. The van der Waals surface area contributed by atoms with Crippen LogP contribution >= 0.6 is 0 Å². The molecule has 1 atom stereocenters. The van der Waals surface area contributed by atoms with E-state index in [2.05, 4.69) is 5.32 Å².